The number of anilines is 1. The van der Waals surface area contributed by atoms with Gasteiger partial charge in [-0.15, -0.1) is 0 Å². The normalized spacial score (nSPS) is 16.1. The monoisotopic (exact) mass is 490 g/mol. The lowest BCUT2D eigenvalue weighted by atomic mass is 10.1. The second-order valence-corrected chi connectivity index (χ2v) is 8.94. The van der Waals surface area contributed by atoms with Crippen LogP contribution in [0.2, 0.25) is 0 Å². The quantitative estimate of drug-likeness (QED) is 0.175. The molecule has 3 aromatic carbocycles. The van der Waals surface area contributed by atoms with E-state index in [0.29, 0.717) is 11.4 Å². The SMILES string of the molecule is Cc1ccc(N2C(=O)[C@H](C=Nc3ccc(Sc4ccc([N+](=O)[O-])cc4)cc3)C(=O)NC2=S)cc1. The number of benzene rings is 3. The van der Waals surface area contributed by atoms with Gasteiger partial charge in [-0.3, -0.25) is 29.6 Å². The van der Waals surface area contributed by atoms with E-state index in [1.165, 1.54) is 35.0 Å². The summed E-state index contributed by atoms with van der Waals surface area (Å²) < 4.78 is 0. The number of carbonyl (C=O) groups excluding carboxylic acids is 2. The second-order valence-electron chi connectivity index (χ2n) is 7.41. The number of carbonyl (C=O) groups is 2. The van der Waals surface area contributed by atoms with Crippen molar-refractivity contribution in [1.29, 1.82) is 0 Å². The van der Waals surface area contributed by atoms with Gasteiger partial charge in [-0.2, -0.15) is 0 Å². The average molecular weight is 491 g/mol. The van der Waals surface area contributed by atoms with Gasteiger partial charge < -0.3 is 5.32 Å². The van der Waals surface area contributed by atoms with Crippen LogP contribution in [0.1, 0.15) is 5.56 Å². The van der Waals surface area contributed by atoms with Crippen LogP contribution < -0.4 is 10.2 Å². The number of nitro groups is 1. The molecule has 1 fully saturated rings. The van der Waals surface area contributed by atoms with Gasteiger partial charge in [-0.05, 0) is 67.7 Å². The maximum absolute atomic E-state index is 13.0. The van der Waals surface area contributed by atoms with Crippen LogP contribution in [0, 0.1) is 23.0 Å². The molecule has 1 saturated heterocycles. The molecular formula is C24H18N4O4S2. The van der Waals surface area contributed by atoms with Gasteiger partial charge in [0.05, 0.1) is 16.3 Å². The van der Waals surface area contributed by atoms with Gasteiger partial charge in [0.2, 0.25) is 5.91 Å². The van der Waals surface area contributed by atoms with Crippen molar-refractivity contribution < 1.29 is 14.5 Å². The summed E-state index contributed by atoms with van der Waals surface area (Å²) in [4.78, 5) is 43.2. The number of nitrogens with zero attached hydrogens (tertiary/aromatic N) is 3. The minimum absolute atomic E-state index is 0.0381. The molecular weight excluding hydrogens is 472 g/mol. The molecule has 1 aliphatic rings. The smallest absolute Gasteiger partial charge is 0.269 e. The number of nitro benzene ring substituents is 1. The fraction of sp³-hybridized carbons (Fsp3) is 0.0833. The Morgan fingerprint density at radius 1 is 1.00 bits per heavy atom. The third-order valence-corrected chi connectivity index (χ3v) is 6.29. The summed E-state index contributed by atoms with van der Waals surface area (Å²) >= 11 is 6.66. The van der Waals surface area contributed by atoms with Gasteiger partial charge in [-0.1, -0.05) is 29.5 Å². The van der Waals surface area contributed by atoms with Crippen LogP contribution in [0.25, 0.3) is 0 Å². The Labute approximate surface area is 204 Å². The molecule has 2 amide bonds. The first-order valence-corrected chi connectivity index (χ1v) is 11.4. The van der Waals surface area contributed by atoms with E-state index in [2.05, 4.69) is 10.3 Å². The number of thiocarbonyl (C=S) groups is 1. The largest absolute Gasteiger partial charge is 0.301 e. The molecule has 1 aliphatic heterocycles. The number of aliphatic imine (C=N–C) groups is 1. The molecule has 8 nitrogen and oxygen atoms in total. The molecule has 3 aromatic rings. The van der Waals surface area contributed by atoms with Crippen molar-refractivity contribution in [3.63, 3.8) is 0 Å². The Hall–Kier alpha value is -3.89. The third-order valence-electron chi connectivity index (χ3n) is 4.99. The number of hydrogen-bond donors (Lipinski definition) is 1. The summed E-state index contributed by atoms with van der Waals surface area (Å²) in [6.45, 7) is 1.94. The lowest BCUT2D eigenvalue weighted by Crippen LogP contribution is -2.58. The molecule has 1 atom stereocenters. The molecule has 1 heterocycles. The summed E-state index contributed by atoms with van der Waals surface area (Å²) in [5.41, 5.74) is 2.23. The van der Waals surface area contributed by atoms with Gasteiger partial charge in [0.15, 0.2) is 11.0 Å². The van der Waals surface area contributed by atoms with E-state index in [1.54, 1.807) is 36.4 Å². The molecule has 0 spiro atoms. The molecule has 0 unspecified atom stereocenters. The molecule has 0 aromatic heterocycles. The van der Waals surface area contributed by atoms with Crippen molar-refractivity contribution >= 4 is 64.2 Å². The van der Waals surface area contributed by atoms with Crippen molar-refractivity contribution in [1.82, 2.24) is 5.32 Å². The first-order chi connectivity index (χ1) is 16.3. The number of aryl methyl sites for hydroxylation is 1. The first-order valence-electron chi connectivity index (χ1n) is 10.1. The van der Waals surface area contributed by atoms with E-state index in [9.17, 15) is 19.7 Å². The van der Waals surface area contributed by atoms with Crippen LogP contribution in [0.15, 0.2) is 87.6 Å². The molecule has 4 rings (SSSR count). The number of rotatable bonds is 6. The van der Waals surface area contributed by atoms with Crippen molar-refractivity contribution in [3.8, 4) is 0 Å². The van der Waals surface area contributed by atoms with E-state index in [4.69, 9.17) is 12.2 Å². The highest BCUT2D eigenvalue weighted by molar-refractivity contribution is 7.99. The van der Waals surface area contributed by atoms with E-state index in [1.807, 2.05) is 31.2 Å². The fourth-order valence-electron chi connectivity index (χ4n) is 3.19. The number of hydrogen-bond acceptors (Lipinski definition) is 7. The Morgan fingerprint density at radius 2 is 1.59 bits per heavy atom. The molecule has 0 aliphatic carbocycles. The third kappa shape index (κ3) is 5.19. The van der Waals surface area contributed by atoms with Gasteiger partial charge in [0.1, 0.15) is 0 Å². The van der Waals surface area contributed by atoms with Crippen LogP contribution in [-0.4, -0.2) is 28.1 Å². The molecule has 0 radical (unpaired) electrons. The molecule has 0 saturated carbocycles. The lowest BCUT2D eigenvalue weighted by molar-refractivity contribution is -0.384. The molecule has 34 heavy (non-hydrogen) atoms. The van der Waals surface area contributed by atoms with Crippen molar-refractivity contribution in [2.75, 3.05) is 4.90 Å². The Balaban J connectivity index is 1.46. The van der Waals surface area contributed by atoms with Gasteiger partial charge in [0, 0.05) is 28.1 Å². The van der Waals surface area contributed by atoms with Gasteiger partial charge in [-0.25, -0.2) is 0 Å². The first kappa shape index (κ1) is 23.3. The zero-order chi connectivity index (χ0) is 24.2. The topological polar surface area (TPSA) is 105 Å². The highest BCUT2D eigenvalue weighted by atomic mass is 32.2. The molecule has 10 heteroatoms. The zero-order valence-corrected chi connectivity index (χ0v) is 19.5. The maximum atomic E-state index is 13.0. The van der Waals surface area contributed by atoms with Crippen molar-refractivity contribution in [2.45, 2.75) is 16.7 Å². The number of amides is 2. The summed E-state index contributed by atoms with van der Waals surface area (Å²) in [5, 5.41) is 13.4. The van der Waals surface area contributed by atoms with Crippen LogP contribution in [0.5, 0.6) is 0 Å². The van der Waals surface area contributed by atoms with Crippen molar-refractivity contribution in [2.24, 2.45) is 10.9 Å². The fourth-order valence-corrected chi connectivity index (χ4v) is 4.31. The Morgan fingerprint density at radius 3 is 2.18 bits per heavy atom. The van der Waals surface area contributed by atoms with E-state index in [-0.39, 0.29) is 10.8 Å². The van der Waals surface area contributed by atoms with Crippen molar-refractivity contribution in [3.05, 3.63) is 88.5 Å². The van der Waals surface area contributed by atoms with Gasteiger partial charge in [0.25, 0.3) is 11.6 Å². The minimum Gasteiger partial charge on any atom is -0.301 e. The minimum atomic E-state index is -1.11. The standard InChI is InChI=1S/C24H18N4O4S2/c1-15-2-6-17(7-3-15)27-23(30)21(22(29)26-24(27)33)14-25-16-4-10-19(11-5-16)34-20-12-8-18(9-13-20)28(31)32/h2-14,21H,1H3,(H,26,29,33)/t21-/m1/s1. The Kier molecular flexibility index (Phi) is 6.80. The van der Waals surface area contributed by atoms with Crippen LogP contribution >= 0.6 is 24.0 Å². The van der Waals surface area contributed by atoms with Crippen LogP contribution in [-0.2, 0) is 9.59 Å². The average Bonchev–Trinajstić information content (AvgIpc) is 2.81. The van der Waals surface area contributed by atoms with E-state index < -0.39 is 22.7 Å². The summed E-state index contributed by atoms with van der Waals surface area (Å²) in [6, 6.07) is 20.8. The van der Waals surface area contributed by atoms with Crippen LogP contribution in [0.4, 0.5) is 17.1 Å². The summed E-state index contributed by atoms with van der Waals surface area (Å²) in [7, 11) is 0. The summed E-state index contributed by atoms with van der Waals surface area (Å²) in [5.74, 6) is -2.10. The predicted molar refractivity (Wildman–Crippen MR) is 135 cm³/mol. The summed E-state index contributed by atoms with van der Waals surface area (Å²) in [6.07, 6.45) is 1.32. The van der Waals surface area contributed by atoms with Crippen LogP contribution in [0.3, 0.4) is 0 Å². The highest BCUT2D eigenvalue weighted by Crippen LogP contribution is 2.30. The lowest BCUT2D eigenvalue weighted by Gasteiger charge is -2.30. The molecule has 1 N–H and O–H groups in total. The molecule has 0 bridgehead atoms. The van der Waals surface area contributed by atoms with Gasteiger partial charge >= 0.3 is 0 Å². The second kappa shape index (κ2) is 9.94. The highest BCUT2D eigenvalue weighted by Gasteiger charge is 2.38. The molecule has 170 valence electrons. The number of nitrogens with one attached hydrogen (secondary N) is 1. The number of non-ortho nitro benzene ring substituents is 1. The maximum Gasteiger partial charge on any atom is 0.269 e. The predicted octanol–water partition coefficient (Wildman–Crippen LogP) is 4.82. The zero-order valence-electron chi connectivity index (χ0n) is 17.9. The van der Waals surface area contributed by atoms with E-state index in [0.717, 1.165) is 15.4 Å². The Bertz CT molecular complexity index is 1290. The van der Waals surface area contributed by atoms with E-state index >= 15 is 0 Å².